The van der Waals surface area contributed by atoms with Gasteiger partial charge in [-0.05, 0) is 37.7 Å². The molecule has 0 saturated heterocycles. The average molecular weight is 393 g/mol. The Bertz CT molecular complexity index is 82.6. The summed E-state index contributed by atoms with van der Waals surface area (Å²) in [6.07, 6.45) is 13.2. The molecule has 0 unspecified atom stereocenters. The quantitative estimate of drug-likeness (QED) is 0.266. The van der Waals surface area contributed by atoms with Gasteiger partial charge in [0.2, 0.25) is 0 Å². The fourth-order valence-electron chi connectivity index (χ4n) is 1.48. The summed E-state index contributed by atoms with van der Waals surface area (Å²) < 4.78 is 0. The molecule has 0 atom stereocenters. The first-order valence-corrected chi connectivity index (χ1v) is 7.97. The third-order valence-electron chi connectivity index (χ3n) is 2.48. The van der Waals surface area contributed by atoms with Gasteiger partial charge in [-0.1, -0.05) is 40.0 Å². The second-order valence-corrected chi connectivity index (χ2v) is 6.59. The first kappa shape index (κ1) is 21.9. The number of halogens is 1. The van der Waals surface area contributed by atoms with Crippen LogP contribution in [0.3, 0.4) is 0 Å². The Balaban J connectivity index is -0.000000720. The van der Waals surface area contributed by atoms with Crippen LogP contribution in [0.1, 0.15) is 59.3 Å². The van der Waals surface area contributed by atoms with Crippen molar-refractivity contribution >= 4 is 31.9 Å². The van der Waals surface area contributed by atoms with Gasteiger partial charge in [0.1, 0.15) is 0 Å². The van der Waals surface area contributed by atoms with E-state index in [0.717, 1.165) is 0 Å². The molecule has 15 heavy (non-hydrogen) atoms. The molecule has 0 aromatic heterocycles. The monoisotopic (exact) mass is 392 g/mol. The van der Waals surface area contributed by atoms with Gasteiger partial charge in [-0.3, -0.25) is 0 Å². The molecule has 0 spiro atoms. The molecule has 0 saturated carbocycles. The summed E-state index contributed by atoms with van der Waals surface area (Å²) in [4.78, 5) is 0. The van der Waals surface area contributed by atoms with Gasteiger partial charge in [0.15, 0.2) is 0 Å². The van der Waals surface area contributed by atoms with Crippen molar-refractivity contribution in [3.05, 3.63) is 0 Å². The van der Waals surface area contributed by atoms with Crippen molar-refractivity contribution in [1.82, 2.24) is 0 Å². The molecule has 98 valence electrons. The molecule has 0 aliphatic rings. The fraction of sp³-hybridized carbons (Fsp3) is 1.00. The van der Waals surface area contributed by atoms with Gasteiger partial charge in [0.25, 0.3) is 0 Å². The normalized spacial score (nSPS) is 9.60. The Labute approximate surface area is 126 Å². The van der Waals surface area contributed by atoms with Crippen molar-refractivity contribution in [2.24, 2.45) is 0 Å². The molecule has 0 N–H and O–H groups in total. The Hall–Kier alpha value is 1.68. The molecule has 2 radical (unpaired) electrons. The summed E-state index contributed by atoms with van der Waals surface area (Å²) in [5, 5.41) is 0. The molecule has 0 amide bonds. The summed E-state index contributed by atoms with van der Waals surface area (Å²) in [5.74, 6) is 0. The maximum Gasteiger partial charge on any atom is 0 e. The molecule has 0 heterocycles. The van der Waals surface area contributed by atoms with E-state index >= 15 is 0 Å². The molecule has 0 nitrogen and oxygen atoms in total. The molecule has 0 fully saturated rings. The zero-order valence-electron chi connectivity index (χ0n) is 10.5. The smallest absolute Gasteiger partial charge is 0 e. The number of unbranched alkanes of at least 4 members (excludes halogenated alkanes) is 3. The SMILES string of the molecule is CCCCP(CCCC)CCCC.[Cu].[I]. The summed E-state index contributed by atoms with van der Waals surface area (Å²) in [5.41, 5.74) is 0. The van der Waals surface area contributed by atoms with Gasteiger partial charge in [-0.25, -0.2) is 0 Å². The first-order chi connectivity index (χ1) is 6.35. The van der Waals surface area contributed by atoms with Crippen LogP contribution < -0.4 is 0 Å². The molecule has 0 aliphatic carbocycles. The second kappa shape index (κ2) is 18.1. The fourth-order valence-corrected chi connectivity index (χ4v) is 4.44. The third-order valence-corrected chi connectivity index (χ3v) is 5.33. The first-order valence-electron chi connectivity index (χ1n) is 6.07. The second-order valence-electron chi connectivity index (χ2n) is 3.90. The molecule has 0 bridgehead atoms. The molecular formula is C12H27CuIP. The van der Waals surface area contributed by atoms with Gasteiger partial charge < -0.3 is 0 Å². The summed E-state index contributed by atoms with van der Waals surface area (Å²) in [6, 6.07) is 0. The molecule has 0 aromatic carbocycles. The van der Waals surface area contributed by atoms with E-state index in [1.807, 2.05) is 0 Å². The van der Waals surface area contributed by atoms with Gasteiger partial charge in [0.05, 0.1) is 0 Å². The number of hydrogen-bond donors (Lipinski definition) is 0. The predicted octanol–water partition coefficient (Wildman–Crippen LogP) is 5.75. The Morgan fingerprint density at radius 3 is 1.13 bits per heavy atom. The average Bonchev–Trinajstić information content (AvgIpc) is 2.17. The molecule has 0 aromatic rings. The van der Waals surface area contributed by atoms with Crippen LogP contribution in [0, 0.1) is 0 Å². The predicted molar refractivity (Wildman–Crippen MR) is 80.3 cm³/mol. The minimum Gasteiger partial charge on any atom is -0.107 e. The van der Waals surface area contributed by atoms with Crippen LogP contribution >= 0.6 is 31.9 Å². The summed E-state index contributed by atoms with van der Waals surface area (Å²) in [6.45, 7) is 6.94. The van der Waals surface area contributed by atoms with Crippen LogP contribution in [0.4, 0.5) is 0 Å². The topological polar surface area (TPSA) is 0 Å². The van der Waals surface area contributed by atoms with Crippen molar-refractivity contribution in [1.29, 1.82) is 0 Å². The van der Waals surface area contributed by atoms with Gasteiger partial charge in [-0.2, -0.15) is 0 Å². The largest absolute Gasteiger partial charge is 0.107 e. The van der Waals surface area contributed by atoms with Crippen molar-refractivity contribution in [2.75, 3.05) is 18.5 Å². The minimum atomic E-state index is 0. The van der Waals surface area contributed by atoms with Gasteiger partial charge in [-0.15, -0.1) is 7.92 Å². The van der Waals surface area contributed by atoms with Crippen LogP contribution in [0.5, 0.6) is 0 Å². The maximum absolute atomic E-state index is 2.31. The van der Waals surface area contributed by atoms with E-state index in [1.165, 1.54) is 38.5 Å². The van der Waals surface area contributed by atoms with Crippen molar-refractivity contribution in [2.45, 2.75) is 59.3 Å². The summed E-state index contributed by atoms with van der Waals surface area (Å²) in [7, 11) is 0.422. The van der Waals surface area contributed by atoms with Crippen LogP contribution in [0.25, 0.3) is 0 Å². The minimum absolute atomic E-state index is 0. The zero-order valence-corrected chi connectivity index (χ0v) is 14.5. The Morgan fingerprint density at radius 2 is 0.933 bits per heavy atom. The molecule has 0 rings (SSSR count). The molecular weight excluding hydrogens is 366 g/mol. The van der Waals surface area contributed by atoms with E-state index in [-0.39, 0.29) is 41.0 Å². The summed E-state index contributed by atoms with van der Waals surface area (Å²) >= 11 is 0. The van der Waals surface area contributed by atoms with Crippen molar-refractivity contribution < 1.29 is 17.1 Å². The van der Waals surface area contributed by atoms with Crippen LogP contribution in [0.15, 0.2) is 0 Å². The standard InChI is InChI=1S/C12H27P.Cu.I/c1-4-7-10-13(11-8-5-2)12-9-6-3;;/h4-12H2,1-3H3;;. The van der Waals surface area contributed by atoms with E-state index in [1.54, 1.807) is 18.5 Å². The Morgan fingerprint density at radius 1 is 0.667 bits per heavy atom. The number of hydrogen-bond acceptors (Lipinski definition) is 0. The van der Waals surface area contributed by atoms with Crippen molar-refractivity contribution in [3.63, 3.8) is 0 Å². The van der Waals surface area contributed by atoms with Crippen LogP contribution in [-0.4, -0.2) is 18.5 Å². The van der Waals surface area contributed by atoms with Crippen LogP contribution in [-0.2, 0) is 17.1 Å². The van der Waals surface area contributed by atoms with E-state index in [9.17, 15) is 0 Å². The van der Waals surface area contributed by atoms with Crippen LogP contribution in [0.2, 0.25) is 0 Å². The third kappa shape index (κ3) is 15.7. The van der Waals surface area contributed by atoms with Gasteiger partial charge in [0, 0.05) is 41.0 Å². The zero-order chi connectivity index (χ0) is 9.94. The molecule has 0 aliphatic heterocycles. The van der Waals surface area contributed by atoms with E-state index in [4.69, 9.17) is 0 Å². The van der Waals surface area contributed by atoms with E-state index in [0.29, 0.717) is 7.92 Å². The van der Waals surface area contributed by atoms with Crippen molar-refractivity contribution in [3.8, 4) is 0 Å². The van der Waals surface area contributed by atoms with E-state index in [2.05, 4.69) is 20.8 Å². The number of rotatable bonds is 9. The van der Waals surface area contributed by atoms with Gasteiger partial charge >= 0.3 is 0 Å². The Kier molecular flexibility index (Phi) is 26.4. The maximum atomic E-state index is 2.31. The molecule has 3 heteroatoms. The van der Waals surface area contributed by atoms with E-state index < -0.39 is 0 Å².